The first-order valence-corrected chi connectivity index (χ1v) is 25.9. The molecule has 5 aliphatic heterocycles. The largest absolute Gasteiger partial charge is 0.496 e. The fourth-order valence-corrected chi connectivity index (χ4v) is 15.5. The normalized spacial score (nSPS) is 34.7. The van der Waals surface area contributed by atoms with Crippen LogP contribution in [0.4, 0.5) is 10.5 Å². The SMILES string of the molecule is CCSSCCOC(=O)NCC(=O)[C@@H]1C2N(C)c3cc(OC)c([C@@]4(C(=O)OC)C[C@@H]5CN(CCC6=C4Cc4ccccc46)CC(O)(CC)C5)cc3C23CCN2CC=C[C@](CC)([C@H]23)[C@H]1O. The Balaban J connectivity index is 1.21. The van der Waals surface area contributed by atoms with Crippen LogP contribution in [0.5, 0.6) is 5.75 Å². The van der Waals surface area contributed by atoms with Gasteiger partial charge in [0.15, 0.2) is 5.78 Å². The number of anilines is 1. The van der Waals surface area contributed by atoms with Crippen LogP contribution in [-0.2, 0) is 36.3 Å². The van der Waals surface area contributed by atoms with E-state index < -0.39 is 46.0 Å². The van der Waals surface area contributed by atoms with Gasteiger partial charge < -0.3 is 34.6 Å². The van der Waals surface area contributed by atoms with Crippen molar-refractivity contribution in [2.75, 3.05) is 83.5 Å². The average molecular weight is 915 g/mol. The zero-order valence-electron chi connectivity index (χ0n) is 38.3. The molecular weight excluding hydrogens is 849 g/mol. The molecule has 9 rings (SSSR count). The van der Waals surface area contributed by atoms with Crippen LogP contribution >= 0.6 is 21.6 Å². The van der Waals surface area contributed by atoms with Crippen LogP contribution in [0.15, 0.2) is 54.1 Å². The number of esters is 1. The molecular formula is C50H66N4O8S2. The summed E-state index contributed by atoms with van der Waals surface area (Å²) in [6, 6.07) is 12.2. The summed E-state index contributed by atoms with van der Waals surface area (Å²) < 4.78 is 17.9. The molecule has 7 aliphatic rings. The van der Waals surface area contributed by atoms with Gasteiger partial charge in [0.25, 0.3) is 0 Å². The average Bonchev–Trinajstić information content (AvgIpc) is 3.96. The molecule has 14 heteroatoms. The summed E-state index contributed by atoms with van der Waals surface area (Å²) in [6.07, 6.45) is 6.91. The first kappa shape index (κ1) is 45.6. The molecule has 1 spiro atoms. The zero-order chi connectivity index (χ0) is 45.2. The molecule has 2 aromatic carbocycles. The Morgan fingerprint density at radius 3 is 2.58 bits per heavy atom. The maximum Gasteiger partial charge on any atom is 0.407 e. The molecule has 2 aromatic rings. The van der Waals surface area contributed by atoms with E-state index in [0.717, 1.165) is 78.3 Å². The molecule has 0 aromatic heterocycles. The van der Waals surface area contributed by atoms with Crippen LogP contribution in [0.1, 0.15) is 81.5 Å². The smallest absolute Gasteiger partial charge is 0.407 e. The Morgan fingerprint density at radius 2 is 1.83 bits per heavy atom. The first-order chi connectivity index (χ1) is 30.9. The van der Waals surface area contributed by atoms with Gasteiger partial charge in [-0.15, -0.1) is 0 Å². The Labute approximate surface area is 386 Å². The van der Waals surface area contributed by atoms with E-state index in [0.29, 0.717) is 50.2 Å². The van der Waals surface area contributed by atoms with Gasteiger partial charge in [-0.1, -0.05) is 78.8 Å². The highest BCUT2D eigenvalue weighted by molar-refractivity contribution is 8.76. The number of fused-ring (bicyclic) bond motifs is 5. The molecule has 2 aliphatic carbocycles. The number of hydrogen-bond donors (Lipinski definition) is 3. The summed E-state index contributed by atoms with van der Waals surface area (Å²) in [5.74, 6) is 0.697. The molecule has 1 saturated carbocycles. The van der Waals surface area contributed by atoms with Crippen molar-refractivity contribution >= 4 is 50.7 Å². The number of nitrogens with zero attached hydrogens (tertiary/aromatic N) is 3. The van der Waals surface area contributed by atoms with Crippen molar-refractivity contribution in [3.63, 3.8) is 0 Å². The first-order valence-electron chi connectivity index (χ1n) is 23.4. The van der Waals surface area contributed by atoms with Gasteiger partial charge in [-0.3, -0.25) is 19.4 Å². The molecule has 12 nitrogen and oxygen atoms in total. The van der Waals surface area contributed by atoms with E-state index >= 15 is 4.79 Å². The molecule has 1 amide bonds. The van der Waals surface area contributed by atoms with Crippen LogP contribution < -0.4 is 15.0 Å². The molecule has 3 N–H and O–H groups in total. The third kappa shape index (κ3) is 6.97. The van der Waals surface area contributed by atoms with Crippen LogP contribution in [0.2, 0.25) is 0 Å². The topological polar surface area (TPSA) is 141 Å². The molecule has 64 heavy (non-hydrogen) atoms. The summed E-state index contributed by atoms with van der Waals surface area (Å²) in [4.78, 5) is 50.3. The molecule has 10 atom stereocenters. The molecule has 2 saturated heterocycles. The Kier molecular flexibility index (Phi) is 12.5. The number of carbonyl (C=O) groups is 3. The number of amides is 1. The molecule has 0 radical (unpaired) electrons. The highest BCUT2D eigenvalue weighted by atomic mass is 33.1. The van der Waals surface area contributed by atoms with E-state index in [4.69, 9.17) is 14.2 Å². The third-order valence-corrected chi connectivity index (χ3v) is 19.0. The van der Waals surface area contributed by atoms with Gasteiger partial charge in [-0.05, 0) is 91.3 Å². The van der Waals surface area contributed by atoms with Crippen molar-refractivity contribution in [2.45, 2.75) is 100 Å². The van der Waals surface area contributed by atoms with Crippen molar-refractivity contribution < 1.29 is 38.8 Å². The summed E-state index contributed by atoms with van der Waals surface area (Å²) in [5.41, 5.74) is 3.70. The predicted octanol–water partition coefficient (Wildman–Crippen LogP) is 6.16. The van der Waals surface area contributed by atoms with Crippen LogP contribution in [0.3, 0.4) is 0 Å². The Morgan fingerprint density at radius 1 is 1.02 bits per heavy atom. The second-order valence-electron chi connectivity index (χ2n) is 19.4. The number of Topliss-reactive ketones (excluding diaryl/α,β-unsaturated/α-hetero) is 1. The van der Waals surface area contributed by atoms with E-state index in [-0.39, 0.29) is 36.9 Å². The van der Waals surface area contributed by atoms with Gasteiger partial charge in [-0.25, -0.2) is 4.79 Å². The van der Waals surface area contributed by atoms with E-state index in [1.165, 1.54) is 12.7 Å². The fraction of sp³-hybridized carbons (Fsp3) is 0.620. The molecule has 346 valence electrons. The number of aliphatic hydroxyl groups excluding tert-OH is 1. The maximum atomic E-state index is 15.4. The molecule has 2 bridgehead atoms. The highest BCUT2D eigenvalue weighted by Gasteiger charge is 2.73. The minimum Gasteiger partial charge on any atom is -0.496 e. The van der Waals surface area contributed by atoms with E-state index in [1.807, 2.05) is 7.05 Å². The number of ketones is 1. The lowest BCUT2D eigenvalue weighted by Crippen LogP contribution is -2.73. The fourth-order valence-electron chi connectivity index (χ4n) is 14.0. The number of likely N-dealkylation sites (N-methyl/N-ethyl adjacent to an activating group) is 1. The monoisotopic (exact) mass is 914 g/mol. The van der Waals surface area contributed by atoms with Gasteiger partial charge in [0.2, 0.25) is 0 Å². The number of rotatable bonds is 13. The number of alkyl carbamates (subject to hydrolysis) is 1. The Hall–Kier alpha value is -3.53. The van der Waals surface area contributed by atoms with Gasteiger partial charge in [0.05, 0.1) is 44.4 Å². The van der Waals surface area contributed by atoms with Gasteiger partial charge >= 0.3 is 12.1 Å². The number of ether oxygens (including phenoxy) is 3. The van der Waals surface area contributed by atoms with Crippen molar-refractivity contribution in [1.82, 2.24) is 15.1 Å². The zero-order valence-corrected chi connectivity index (χ0v) is 40.0. The number of benzene rings is 2. The van der Waals surface area contributed by atoms with Gasteiger partial charge in [0.1, 0.15) is 17.8 Å². The second kappa shape index (κ2) is 17.6. The quantitative estimate of drug-likeness (QED) is 0.0917. The standard InChI is InChI=1S/C50H66N4O8S2/c1-7-47(59)26-31-27-50(45(57)61-6,35-23-32-13-10-11-14-33(32)34(35)15-19-53(29-31)30-47)37-24-36-38(25-40(37)60-5)52(4)42-41(39(55)28-51-46(58)62-21-22-64-63-9-3)43(56)48(8-2)16-12-18-54-20-17-49(36,42)44(48)54/h10-14,16,24-25,31,41-44,56,59H,7-9,15,17-23,26-30H2,1-6H3,(H,51,58)/t31-,41-,42?,43+,44+,47?,48+,49?,50-/m1/s1. The third-order valence-electron chi connectivity index (χ3n) is 16.5. The lowest BCUT2D eigenvalue weighted by molar-refractivity contribution is -0.147. The van der Waals surface area contributed by atoms with Crippen LogP contribution in [-0.4, -0.2) is 140 Å². The number of carbonyl (C=O) groups excluding carboxylic acids is 3. The molecule has 3 fully saturated rings. The summed E-state index contributed by atoms with van der Waals surface area (Å²) in [5, 5.41) is 27.6. The van der Waals surface area contributed by atoms with E-state index in [2.05, 4.69) is 89.3 Å². The summed E-state index contributed by atoms with van der Waals surface area (Å²) >= 11 is 0. The van der Waals surface area contributed by atoms with Crippen molar-refractivity contribution in [2.24, 2.45) is 17.3 Å². The van der Waals surface area contributed by atoms with Crippen molar-refractivity contribution in [3.8, 4) is 5.75 Å². The lowest BCUT2D eigenvalue weighted by atomic mass is 9.48. The number of methoxy groups -OCH3 is 2. The van der Waals surface area contributed by atoms with Crippen LogP contribution in [0.25, 0.3) is 5.57 Å². The number of hydrogen-bond acceptors (Lipinski definition) is 13. The predicted molar refractivity (Wildman–Crippen MR) is 253 cm³/mol. The van der Waals surface area contributed by atoms with Crippen molar-refractivity contribution in [3.05, 3.63) is 76.4 Å². The van der Waals surface area contributed by atoms with Crippen LogP contribution in [0, 0.1) is 17.3 Å². The number of nitrogens with one attached hydrogen (secondary N) is 1. The Bertz CT molecular complexity index is 2240. The molecule has 5 heterocycles. The van der Waals surface area contributed by atoms with E-state index in [9.17, 15) is 19.8 Å². The molecule has 4 unspecified atom stereocenters. The number of piperidine rings is 1. The minimum atomic E-state index is -1.27. The van der Waals surface area contributed by atoms with Crippen molar-refractivity contribution in [1.29, 1.82) is 0 Å². The summed E-state index contributed by atoms with van der Waals surface area (Å²) in [6.45, 7) is 9.82. The van der Waals surface area contributed by atoms with E-state index in [1.54, 1.807) is 28.7 Å². The second-order valence-corrected chi connectivity index (χ2v) is 22.2. The van der Waals surface area contributed by atoms with Gasteiger partial charge in [-0.2, -0.15) is 0 Å². The van der Waals surface area contributed by atoms with Gasteiger partial charge in [0, 0.05) is 78.9 Å². The minimum absolute atomic E-state index is 0.0295. The summed E-state index contributed by atoms with van der Waals surface area (Å²) in [7, 11) is 8.51. The maximum absolute atomic E-state index is 15.4. The highest BCUT2D eigenvalue weighted by Crippen LogP contribution is 2.67. The lowest BCUT2D eigenvalue weighted by Gasteiger charge is -2.61. The number of aliphatic hydroxyl groups is 2.